The first kappa shape index (κ1) is 16.0. The second kappa shape index (κ2) is 8.94. The van der Waals surface area contributed by atoms with Crippen molar-refractivity contribution in [3.63, 3.8) is 0 Å². The van der Waals surface area contributed by atoms with Crippen molar-refractivity contribution in [3.8, 4) is 0 Å². The zero-order valence-electron chi connectivity index (χ0n) is 12.0. The van der Waals surface area contributed by atoms with E-state index in [2.05, 4.69) is 12.2 Å². The van der Waals surface area contributed by atoms with Crippen LogP contribution >= 0.6 is 0 Å². The van der Waals surface area contributed by atoms with Crippen LogP contribution in [0.3, 0.4) is 0 Å². The molecule has 1 aliphatic carbocycles. The van der Waals surface area contributed by atoms with Crippen LogP contribution in [0.4, 0.5) is 0 Å². The first-order chi connectivity index (χ1) is 9.13. The number of carbonyl (C=O) groups is 2. The highest BCUT2D eigenvalue weighted by Gasteiger charge is 2.22. The van der Waals surface area contributed by atoms with E-state index in [1.807, 2.05) is 0 Å². The lowest BCUT2D eigenvalue weighted by Gasteiger charge is -2.25. The second-order valence-electron chi connectivity index (χ2n) is 5.63. The van der Waals surface area contributed by atoms with E-state index >= 15 is 0 Å². The molecule has 110 valence electrons. The van der Waals surface area contributed by atoms with Gasteiger partial charge in [0.25, 0.3) is 0 Å². The third-order valence-electron chi connectivity index (χ3n) is 4.07. The fourth-order valence-electron chi connectivity index (χ4n) is 2.88. The molecular weight excluding hydrogens is 242 g/mol. The number of amides is 1. The van der Waals surface area contributed by atoms with Gasteiger partial charge in [0.15, 0.2) is 0 Å². The predicted molar refractivity (Wildman–Crippen MR) is 74.9 cm³/mol. The number of carbonyl (C=O) groups excluding carboxylic acids is 1. The van der Waals surface area contributed by atoms with Gasteiger partial charge in [-0.15, -0.1) is 0 Å². The lowest BCUT2D eigenvalue weighted by Crippen LogP contribution is -2.32. The normalized spacial score (nSPS) is 17.9. The third-order valence-corrected chi connectivity index (χ3v) is 4.07. The molecule has 0 spiro atoms. The van der Waals surface area contributed by atoms with Crippen molar-refractivity contribution in [1.29, 1.82) is 0 Å². The summed E-state index contributed by atoms with van der Waals surface area (Å²) in [4.78, 5) is 22.4. The summed E-state index contributed by atoms with van der Waals surface area (Å²) >= 11 is 0. The minimum absolute atomic E-state index is 0.105. The first-order valence-corrected chi connectivity index (χ1v) is 7.63. The Hall–Kier alpha value is -1.06. The maximum atomic E-state index is 12.0. The molecule has 4 nitrogen and oxygen atoms in total. The zero-order chi connectivity index (χ0) is 14.1. The molecule has 1 atom stereocenters. The summed E-state index contributed by atoms with van der Waals surface area (Å²) in [6.07, 6.45) is 9.01. The van der Waals surface area contributed by atoms with Gasteiger partial charge in [-0.2, -0.15) is 0 Å². The molecule has 1 saturated carbocycles. The first-order valence-electron chi connectivity index (χ1n) is 7.63. The number of aliphatic carboxylic acids is 1. The topological polar surface area (TPSA) is 66.4 Å². The van der Waals surface area contributed by atoms with Crippen LogP contribution in [0.1, 0.15) is 64.7 Å². The molecule has 1 unspecified atom stereocenters. The quantitative estimate of drug-likeness (QED) is 0.666. The van der Waals surface area contributed by atoms with Gasteiger partial charge in [0.2, 0.25) is 5.91 Å². The maximum absolute atomic E-state index is 12.0. The lowest BCUT2D eigenvalue weighted by molar-refractivity contribution is -0.137. The summed E-state index contributed by atoms with van der Waals surface area (Å²) in [5, 5.41) is 11.4. The Morgan fingerprint density at radius 3 is 2.53 bits per heavy atom. The molecule has 0 radical (unpaired) electrons. The van der Waals surface area contributed by atoms with Gasteiger partial charge in [-0.05, 0) is 25.2 Å². The molecular formula is C15H27NO3. The number of hydrogen-bond donors (Lipinski definition) is 2. The highest BCUT2D eigenvalue weighted by Crippen LogP contribution is 2.30. The van der Waals surface area contributed by atoms with Gasteiger partial charge in [0.1, 0.15) is 0 Å². The van der Waals surface area contributed by atoms with Crippen molar-refractivity contribution in [1.82, 2.24) is 5.32 Å². The Kier molecular flexibility index (Phi) is 7.53. The van der Waals surface area contributed by atoms with Crippen molar-refractivity contribution in [3.05, 3.63) is 0 Å². The van der Waals surface area contributed by atoms with Crippen molar-refractivity contribution in [2.45, 2.75) is 64.7 Å². The van der Waals surface area contributed by atoms with E-state index in [4.69, 9.17) is 5.11 Å². The molecule has 4 heteroatoms. The molecule has 19 heavy (non-hydrogen) atoms. The minimum Gasteiger partial charge on any atom is -0.481 e. The van der Waals surface area contributed by atoms with E-state index in [0.29, 0.717) is 18.9 Å². The summed E-state index contributed by atoms with van der Waals surface area (Å²) in [5.41, 5.74) is 0. The molecule has 0 heterocycles. The van der Waals surface area contributed by atoms with Crippen LogP contribution in [0.25, 0.3) is 0 Å². The van der Waals surface area contributed by atoms with Crippen molar-refractivity contribution in [2.75, 3.05) is 6.54 Å². The molecule has 1 aliphatic rings. The van der Waals surface area contributed by atoms with E-state index in [1.54, 1.807) is 0 Å². The summed E-state index contributed by atoms with van der Waals surface area (Å²) in [5.74, 6) is 0.123. The van der Waals surface area contributed by atoms with E-state index in [1.165, 1.54) is 32.1 Å². The monoisotopic (exact) mass is 269 g/mol. The average Bonchev–Trinajstić information content (AvgIpc) is 2.41. The fraction of sp³-hybridized carbons (Fsp3) is 0.867. The minimum atomic E-state index is -0.802. The smallest absolute Gasteiger partial charge is 0.303 e. The van der Waals surface area contributed by atoms with E-state index < -0.39 is 5.97 Å². The Morgan fingerprint density at radius 2 is 1.95 bits per heavy atom. The van der Waals surface area contributed by atoms with Gasteiger partial charge in [-0.25, -0.2) is 0 Å². The number of carboxylic acid groups (broad SMARTS) is 1. The van der Waals surface area contributed by atoms with E-state index in [0.717, 1.165) is 12.8 Å². The van der Waals surface area contributed by atoms with Crippen LogP contribution in [0.15, 0.2) is 0 Å². The van der Waals surface area contributed by atoms with Crippen LogP contribution < -0.4 is 5.32 Å². The molecule has 0 bridgehead atoms. The Morgan fingerprint density at radius 1 is 1.26 bits per heavy atom. The summed E-state index contributed by atoms with van der Waals surface area (Å²) in [6, 6.07) is 0. The number of carboxylic acids is 1. The number of nitrogens with one attached hydrogen (secondary N) is 1. The van der Waals surface area contributed by atoms with Crippen molar-refractivity contribution >= 4 is 11.9 Å². The lowest BCUT2D eigenvalue weighted by atomic mass is 9.82. The van der Waals surface area contributed by atoms with Crippen molar-refractivity contribution < 1.29 is 14.7 Å². The Labute approximate surface area is 116 Å². The van der Waals surface area contributed by atoms with Gasteiger partial charge in [-0.1, -0.05) is 39.0 Å². The Bertz CT molecular complexity index is 285. The second-order valence-corrected chi connectivity index (χ2v) is 5.63. The molecule has 1 rings (SSSR count). The summed E-state index contributed by atoms with van der Waals surface area (Å²) < 4.78 is 0. The van der Waals surface area contributed by atoms with E-state index in [9.17, 15) is 9.59 Å². The Balaban J connectivity index is 2.24. The number of hydrogen-bond acceptors (Lipinski definition) is 2. The molecule has 2 N–H and O–H groups in total. The molecule has 0 aromatic rings. The van der Waals surface area contributed by atoms with Crippen molar-refractivity contribution in [2.24, 2.45) is 11.8 Å². The molecule has 1 fully saturated rings. The summed E-state index contributed by atoms with van der Waals surface area (Å²) in [7, 11) is 0. The van der Waals surface area contributed by atoms with Crippen LogP contribution in [0, 0.1) is 11.8 Å². The number of rotatable bonds is 8. The van der Waals surface area contributed by atoms with Gasteiger partial charge >= 0.3 is 5.97 Å². The van der Waals surface area contributed by atoms with Crippen LogP contribution in [0.5, 0.6) is 0 Å². The highest BCUT2D eigenvalue weighted by molar-refractivity contribution is 5.78. The fourth-order valence-corrected chi connectivity index (χ4v) is 2.88. The average molecular weight is 269 g/mol. The molecule has 0 aromatic heterocycles. The van der Waals surface area contributed by atoms with Crippen LogP contribution in [-0.4, -0.2) is 23.5 Å². The summed E-state index contributed by atoms with van der Waals surface area (Å²) in [6.45, 7) is 2.54. The van der Waals surface area contributed by atoms with Gasteiger partial charge in [0.05, 0.1) is 0 Å². The zero-order valence-corrected chi connectivity index (χ0v) is 12.0. The van der Waals surface area contributed by atoms with Crippen LogP contribution in [0.2, 0.25) is 0 Å². The molecule has 1 amide bonds. The van der Waals surface area contributed by atoms with Crippen LogP contribution in [-0.2, 0) is 9.59 Å². The SMILES string of the molecule is CCC(CC1CCCCC1)C(=O)NCCCC(=O)O. The maximum Gasteiger partial charge on any atom is 0.303 e. The largest absolute Gasteiger partial charge is 0.481 e. The third kappa shape index (κ3) is 6.60. The van der Waals surface area contributed by atoms with Gasteiger partial charge in [0, 0.05) is 18.9 Å². The molecule has 0 aliphatic heterocycles. The standard InChI is InChI=1S/C15H27NO3/c1-2-13(11-12-7-4-3-5-8-12)15(19)16-10-6-9-14(17)18/h12-13H,2-11H2,1H3,(H,16,19)(H,17,18). The van der Waals surface area contributed by atoms with Gasteiger partial charge in [-0.3, -0.25) is 9.59 Å². The molecule has 0 saturated heterocycles. The highest BCUT2D eigenvalue weighted by atomic mass is 16.4. The van der Waals surface area contributed by atoms with E-state index in [-0.39, 0.29) is 18.2 Å². The molecule has 0 aromatic carbocycles. The predicted octanol–water partition coefficient (Wildman–Crippen LogP) is 2.96. The van der Waals surface area contributed by atoms with Gasteiger partial charge < -0.3 is 10.4 Å².